The van der Waals surface area contributed by atoms with E-state index in [0.29, 0.717) is 22.6 Å². The Morgan fingerprint density at radius 2 is 1.79 bits per heavy atom. The minimum absolute atomic E-state index is 0.236. The van der Waals surface area contributed by atoms with Crippen LogP contribution < -0.4 is 15.6 Å². The second-order valence-electron chi connectivity index (χ2n) is 8.27. The molecule has 0 amide bonds. The van der Waals surface area contributed by atoms with E-state index < -0.39 is 11.2 Å². The zero-order chi connectivity index (χ0) is 23.9. The molecule has 3 heterocycles. The summed E-state index contributed by atoms with van der Waals surface area (Å²) in [5.41, 5.74) is 1.16. The van der Waals surface area contributed by atoms with Gasteiger partial charge in [0, 0.05) is 22.7 Å². The van der Waals surface area contributed by atoms with E-state index in [1.165, 1.54) is 6.20 Å². The van der Waals surface area contributed by atoms with E-state index in [4.69, 9.17) is 14.7 Å². The highest BCUT2D eigenvalue weighted by atomic mass is 16.5. The van der Waals surface area contributed by atoms with Crippen LogP contribution in [0, 0.1) is 0 Å². The minimum atomic E-state index is -1.15. The molecule has 0 saturated carbocycles. The first-order valence-electron chi connectivity index (χ1n) is 10.6. The van der Waals surface area contributed by atoms with Crippen LogP contribution in [0.2, 0.25) is 0 Å². The summed E-state index contributed by atoms with van der Waals surface area (Å²) in [6.45, 7) is 3.40. The van der Waals surface area contributed by atoms with Crippen molar-refractivity contribution in [2.24, 2.45) is 0 Å². The molecule has 0 radical (unpaired) electrons. The van der Waals surface area contributed by atoms with Gasteiger partial charge in [-0.05, 0) is 56.3 Å². The van der Waals surface area contributed by atoms with E-state index in [-0.39, 0.29) is 11.6 Å². The van der Waals surface area contributed by atoms with Crippen LogP contribution in [-0.2, 0) is 5.60 Å². The summed E-state index contributed by atoms with van der Waals surface area (Å²) in [7, 11) is 1.61. The molecule has 0 fully saturated rings. The van der Waals surface area contributed by atoms with Crippen molar-refractivity contribution in [3.8, 4) is 17.1 Å². The number of anilines is 2. The summed E-state index contributed by atoms with van der Waals surface area (Å²) < 4.78 is 6.80. The highest BCUT2D eigenvalue weighted by molar-refractivity contribution is 5.95. The van der Waals surface area contributed by atoms with Crippen LogP contribution in [0.3, 0.4) is 0 Å². The maximum absolute atomic E-state index is 12.4. The smallest absolute Gasteiger partial charge is 0.293 e. The average Bonchev–Trinajstić information content (AvgIpc) is 3.18. The molecule has 5 aromatic rings. The van der Waals surface area contributed by atoms with E-state index in [2.05, 4.69) is 15.4 Å². The summed E-state index contributed by atoms with van der Waals surface area (Å²) >= 11 is 0. The molecule has 0 spiro atoms. The number of benzene rings is 2. The van der Waals surface area contributed by atoms with E-state index in [9.17, 15) is 9.90 Å². The van der Waals surface area contributed by atoms with E-state index in [0.717, 1.165) is 16.7 Å². The van der Waals surface area contributed by atoms with Crippen molar-refractivity contribution in [1.29, 1.82) is 0 Å². The Morgan fingerprint density at radius 3 is 2.53 bits per heavy atom. The number of ether oxygens (including phenoxy) is 1. The Hall–Kier alpha value is -4.37. The van der Waals surface area contributed by atoms with Crippen molar-refractivity contribution in [3.05, 3.63) is 82.8 Å². The fraction of sp³-hybridized carbons (Fsp3) is 0.160. The number of nitrogens with zero attached hydrogens (tertiary/aromatic N) is 5. The number of hydrogen-bond donors (Lipinski definition) is 2. The van der Waals surface area contributed by atoms with Crippen molar-refractivity contribution < 1.29 is 9.84 Å². The van der Waals surface area contributed by atoms with Crippen molar-refractivity contribution in [2.75, 3.05) is 12.4 Å². The van der Waals surface area contributed by atoms with Gasteiger partial charge in [0.25, 0.3) is 5.56 Å². The number of methoxy groups -OCH3 is 1. The van der Waals surface area contributed by atoms with Gasteiger partial charge >= 0.3 is 0 Å². The van der Waals surface area contributed by atoms with Crippen molar-refractivity contribution in [1.82, 2.24) is 24.6 Å². The second-order valence-corrected chi connectivity index (χ2v) is 8.27. The molecule has 2 aromatic carbocycles. The standard InChI is InChI=1S/C25H22N6O3/c1-25(2,33)18-8-6-7-17-20(18)28-24(27-19-9-4-5-14-26-23(19)32)31-22(17)29-21(30-31)15-10-12-16(34-3)13-11-15/h4-14,33H,1-3H3,(H,26,27,28,32). The molecule has 3 aromatic heterocycles. The van der Waals surface area contributed by atoms with Crippen LogP contribution in [0.4, 0.5) is 11.6 Å². The lowest BCUT2D eigenvalue weighted by atomic mass is 9.96. The molecule has 0 atom stereocenters. The Kier molecular flexibility index (Phi) is 5.18. The fourth-order valence-electron chi connectivity index (χ4n) is 3.74. The average molecular weight is 454 g/mol. The molecule has 0 aliphatic carbocycles. The predicted molar refractivity (Wildman–Crippen MR) is 129 cm³/mol. The maximum atomic E-state index is 12.4. The Balaban J connectivity index is 1.79. The number of nitrogens with one attached hydrogen (secondary N) is 1. The third kappa shape index (κ3) is 3.82. The molecule has 5 rings (SSSR count). The maximum Gasteiger partial charge on any atom is 0.293 e. The number of aliphatic hydroxyl groups is 1. The van der Waals surface area contributed by atoms with Crippen LogP contribution >= 0.6 is 0 Å². The molecule has 0 bridgehead atoms. The molecule has 34 heavy (non-hydrogen) atoms. The van der Waals surface area contributed by atoms with Gasteiger partial charge in [-0.25, -0.2) is 15.0 Å². The molecule has 0 saturated heterocycles. The highest BCUT2D eigenvalue weighted by Gasteiger charge is 2.23. The third-order valence-corrected chi connectivity index (χ3v) is 5.44. The van der Waals surface area contributed by atoms with Gasteiger partial charge in [0.15, 0.2) is 11.5 Å². The summed E-state index contributed by atoms with van der Waals surface area (Å²) in [5.74, 6) is 1.48. The Bertz CT molecular complexity index is 1570. The molecular formula is C25H22N6O3. The largest absolute Gasteiger partial charge is 0.497 e. The van der Waals surface area contributed by atoms with Gasteiger partial charge in [0.05, 0.1) is 18.2 Å². The highest BCUT2D eigenvalue weighted by Crippen LogP contribution is 2.32. The molecule has 0 aliphatic heterocycles. The summed E-state index contributed by atoms with van der Waals surface area (Å²) in [6, 6.07) is 18.0. The molecular weight excluding hydrogens is 432 g/mol. The summed E-state index contributed by atoms with van der Waals surface area (Å²) in [6.07, 6.45) is 1.43. The van der Waals surface area contributed by atoms with Gasteiger partial charge < -0.3 is 15.2 Å². The van der Waals surface area contributed by atoms with Gasteiger partial charge in [-0.2, -0.15) is 4.52 Å². The SMILES string of the molecule is COc1ccc(-c2nc3c4cccc(C(C)(C)O)c4nc(Nc4ccccnc4=O)n3n2)cc1. The summed E-state index contributed by atoms with van der Waals surface area (Å²) in [5, 5.41) is 19.2. The molecule has 170 valence electrons. The van der Waals surface area contributed by atoms with E-state index in [1.807, 2.05) is 42.5 Å². The lowest BCUT2D eigenvalue weighted by molar-refractivity contribution is 0.0800. The normalized spacial score (nSPS) is 11.6. The van der Waals surface area contributed by atoms with Crippen LogP contribution in [0.25, 0.3) is 27.9 Å². The van der Waals surface area contributed by atoms with Gasteiger partial charge in [-0.1, -0.05) is 18.2 Å². The van der Waals surface area contributed by atoms with Gasteiger partial charge in [0.2, 0.25) is 5.95 Å². The van der Waals surface area contributed by atoms with Gasteiger partial charge in [0.1, 0.15) is 11.4 Å². The zero-order valence-corrected chi connectivity index (χ0v) is 18.9. The quantitative estimate of drug-likeness (QED) is 0.413. The lowest BCUT2D eigenvalue weighted by Crippen LogP contribution is -2.17. The van der Waals surface area contributed by atoms with E-state index >= 15 is 0 Å². The zero-order valence-electron chi connectivity index (χ0n) is 18.9. The topological polar surface area (TPSA) is 115 Å². The van der Waals surface area contributed by atoms with Crippen molar-refractivity contribution in [2.45, 2.75) is 19.4 Å². The first-order valence-corrected chi connectivity index (χ1v) is 10.6. The number of rotatable bonds is 5. The number of hydrogen-bond acceptors (Lipinski definition) is 8. The van der Waals surface area contributed by atoms with Crippen LogP contribution in [0.1, 0.15) is 19.4 Å². The molecule has 9 heteroatoms. The first kappa shape index (κ1) is 21.5. The third-order valence-electron chi connectivity index (χ3n) is 5.44. The first-order chi connectivity index (χ1) is 16.3. The lowest BCUT2D eigenvalue weighted by Gasteiger charge is -2.20. The monoisotopic (exact) mass is 454 g/mol. The Labute approximate surface area is 194 Å². The number of aromatic nitrogens is 5. The van der Waals surface area contributed by atoms with Crippen LogP contribution in [-0.4, -0.2) is 36.8 Å². The van der Waals surface area contributed by atoms with Crippen LogP contribution in [0.15, 0.2) is 71.7 Å². The molecule has 0 unspecified atom stereocenters. The predicted octanol–water partition coefficient (Wildman–Crippen LogP) is 3.68. The fourth-order valence-corrected chi connectivity index (χ4v) is 3.74. The van der Waals surface area contributed by atoms with Crippen LogP contribution in [0.5, 0.6) is 5.75 Å². The Morgan fingerprint density at radius 1 is 1.00 bits per heavy atom. The number of fused-ring (bicyclic) bond motifs is 3. The number of para-hydroxylation sites is 1. The second kappa shape index (κ2) is 8.20. The summed E-state index contributed by atoms with van der Waals surface area (Å²) in [4.78, 5) is 25.8. The minimum Gasteiger partial charge on any atom is -0.497 e. The molecule has 9 nitrogen and oxygen atoms in total. The van der Waals surface area contributed by atoms with E-state index in [1.54, 1.807) is 43.7 Å². The van der Waals surface area contributed by atoms with Gasteiger partial charge in [-0.3, -0.25) is 4.79 Å². The van der Waals surface area contributed by atoms with Crippen molar-refractivity contribution >= 4 is 28.2 Å². The van der Waals surface area contributed by atoms with Crippen molar-refractivity contribution in [3.63, 3.8) is 0 Å². The molecule has 0 aliphatic rings. The van der Waals surface area contributed by atoms with Gasteiger partial charge in [-0.15, -0.1) is 5.10 Å². The molecule has 2 N–H and O–H groups in total.